The van der Waals surface area contributed by atoms with Gasteiger partial charge in [-0.3, -0.25) is 9.78 Å². The Morgan fingerprint density at radius 3 is 2.78 bits per heavy atom. The highest BCUT2D eigenvalue weighted by Crippen LogP contribution is 2.33. The van der Waals surface area contributed by atoms with Crippen LogP contribution in [0, 0.1) is 5.92 Å². The van der Waals surface area contributed by atoms with Gasteiger partial charge in [0.25, 0.3) is 5.91 Å². The summed E-state index contributed by atoms with van der Waals surface area (Å²) in [6.07, 6.45) is 9.28. The molecular formula is C18H24N2O3. The van der Waals surface area contributed by atoms with Crippen molar-refractivity contribution in [2.75, 3.05) is 19.8 Å². The zero-order chi connectivity index (χ0) is 15.6. The highest BCUT2D eigenvalue weighted by atomic mass is 16.5. The molecular weight excluding hydrogens is 292 g/mol. The number of carbonyl (C=O) groups excluding carboxylic acids is 1. The van der Waals surface area contributed by atoms with E-state index in [0.29, 0.717) is 6.61 Å². The van der Waals surface area contributed by atoms with Crippen molar-refractivity contribution in [2.24, 2.45) is 5.92 Å². The standard InChI is InChI=1S/C18H24N2O3/c21-18(14-5-8-19-9-6-14)20-10-7-17-16(20)4-3-15(23-17)12-22-11-13-1-2-13/h5-6,8-9,13,15-17H,1-4,7,10-12H2/t15-,16+,17+/m1/s1. The number of likely N-dealkylation sites (tertiary alicyclic amines) is 1. The Morgan fingerprint density at radius 2 is 2.00 bits per heavy atom. The summed E-state index contributed by atoms with van der Waals surface area (Å²) in [6, 6.07) is 3.79. The maximum Gasteiger partial charge on any atom is 0.254 e. The molecule has 0 spiro atoms. The smallest absolute Gasteiger partial charge is 0.254 e. The summed E-state index contributed by atoms with van der Waals surface area (Å²) >= 11 is 0. The molecule has 1 saturated carbocycles. The first-order chi connectivity index (χ1) is 11.3. The van der Waals surface area contributed by atoms with Crippen LogP contribution < -0.4 is 0 Å². The first-order valence-corrected chi connectivity index (χ1v) is 8.75. The molecule has 1 amide bonds. The van der Waals surface area contributed by atoms with E-state index in [1.165, 1.54) is 12.8 Å². The fourth-order valence-electron chi connectivity index (χ4n) is 3.68. The van der Waals surface area contributed by atoms with Crippen molar-refractivity contribution in [3.05, 3.63) is 30.1 Å². The number of hydrogen-bond donors (Lipinski definition) is 0. The van der Waals surface area contributed by atoms with Gasteiger partial charge >= 0.3 is 0 Å². The minimum Gasteiger partial charge on any atom is -0.378 e. The molecule has 3 atom stereocenters. The van der Waals surface area contributed by atoms with Crippen LogP contribution in [0.3, 0.4) is 0 Å². The Kier molecular flexibility index (Phi) is 4.31. The molecule has 1 aliphatic carbocycles. The predicted molar refractivity (Wildman–Crippen MR) is 85.1 cm³/mol. The van der Waals surface area contributed by atoms with Gasteiger partial charge in [-0.15, -0.1) is 0 Å². The minimum absolute atomic E-state index is 0.104. The average Bonchev–Trinajstić information content (AvgIpc) is 3.32. The van der Waals surface area contributed by atoms with E-state index in [9.17, 15) is 4.79 Å². The molecule has 3 aliphatic rings. The van der Waals surface area contributed by atoms with Crippen molar-refractivity contribution in [3.8, 4) is 0 Å². The maximum absolute atomic E-state index is 12.7. The van der Waals surface area contributed by atoms with Gasteiger partial charge in [-0.1, -0.05) is 0 Å². The van der Waals surface area contributed by atoms with Crippen molar-refractivity contribution >= 4 is 5.91 Å². The summed E-state index contributed by atoms with van der Waals surface area (Å²) in [4.78, 5) is 18.6. The molecule has 1 aromatic heterocycles. The number of aromatic nitrogens is 1. The SMILES string of the molecule is O=C(c1ccncc1)N1CC[C@@H]2O[C@@H](COCC3CC3)CC[C@@H]21. The number of amides is 1. The topological polar surface area (TPSA) is 51.7 Å². The molecule has 2 saturated heterocycles. The van der Waals surface area contributed by atoms with Gasteiger partial charge in [0.1, 0.15) is 0 Å². The van der Waals surface area contributed by atoms with Crippen LogP contribution in [-0.4, -0.2) is 53.8 Å². The molecule has 4 rings (SSSR count). The molecule has 3 fully saturated rings. The van der Waals surface area contributed by atoms with E-state index in [4.69, 9.17) is 9.47 Å². The Labute approximate surface area is 137 Å². The fourth-order valence-corrected chi connectivity index (χ4v) is 3.68. The summed E-state index contributed by atoms with van der Waals surface area (Å²) in [5.41, 5.74) is 0.718. The van der Waals surface area contributed by atoms with E-state index in [2.05, 4.69) is 4.98 Å². The van der Waals surface area contributed by atoms with Gasteiger partial charge in [-0.25, -0.2) is 0 Å². The van der Waals surface area contributed by atoms with Crippen LogP contribution in [0.15, 0.2) is 24.5 Å². The van der Waals surface area contributed by atoms with Gasteiger partial charge in [0.05, 0.1) is 24.9 Å². The summed E-state index contributed by atoms with van der Waals surface area (Å²) in [5, 5.41) is 0. The Morgan fingerprint density at radius 1 is 1.17 bits per heavy atom. The zero-order valence-corrected chi connectivity index (χ0v) is 13.4. The largest absolute Gasteiger partial charge is 0.378 e. The van der Waals surface area contributed by atoms with Crippen LogP contribution in [-0.2, 0) is 9.47 Å². The predicted octanol–water partition coefficient (Wildman–Crippen LogP) is 2.27. The number of nitrogens with zero attached hydrogens (tertiary/aromatic N) is 2. The minimum atomic E-state index is 0.104. The lowest BCUT2D eigenvalue weighted by atomic mass is 9.99. The molecule has 0 aromatic carbocycles. The monoisotopic (exact) mass is 316 g/mol. The van der Waals surface area contributed by atoms with Crippen molar-refractivity contribution in [2.45, 2.75) is 50.4 Å². The Bertz CT molecular complexity index is 546. The highest BCUT2D eigenvalue weighted by molar-refractivity contribution is 5.94. The quantitative estimate of drug-likeness (QED) is 0.836. The van der Waals surface area contributed by atoms with Crippen LogP contribution in [0.5, 0.6) is 0 Å². The molecule has 2 aliphatic heterocycles. The fraction of sp³-hybridized carbons (Fsp3) is 0.667. The van der Waals surface area contributed by atoms with Crippen LogP contribution in [0.4, 0.5) is 0 Å². The van der Waals surface area contributed by atoms with E-state index in [0.717, 1.165) is 43.9 Å². The van der Waals surface area contributed by atoms with Crippen LogP contribution in [0.25, 0.3) is 0 Å². The molecule has 1 aromatic rings. The highest BCUT2D eigenvalue weighted by Gasteiger charge is 2.42. The normalized spacial score (nSPS) is 30.3. The van der Waals surface area contributed by atoms with Gasteiger partial charge in [0.15, 0.2) is 0 Å². The van der Waals surface area contributed by atoms with Crippen LogP contribution in [0.2, 0.25) is 0 Å². The molecule has 5 heteroatoms. The molecule has 0 bridgehead atoms. The van der Waals surface area contributed by atoms with Crippen molar-refractivity contribution in [3.63, 3.8) is 0 Å². The molecule has 23 heavy (non-hydrogen) atoms. The summed E-state index contributed by atoms with van der Waals surface area (Å²) < 4.78 is 12.0. The molecule has 0 N–H and O–H groups in total. The second-order valence-electron chi connectivity index (χ2n) is 6.95. The lowest BCUT2D eigenvalue weighted by Gasteiger charge is -2.36. The summed E-state index contributed by atoms with van der Waals surface area (Å²) in [6.45, 7) is 2.38. The Hall–Kier alpha value is -1.46. The lowest BCUT2D eigenvalue weighted by molar-refractivity contribution is -0.0973. The summed E-state index contributed by atoms with van der Waals surface area (Å²) in [5.74, 6) is 0.901. The van der Waals surface area contributed by atoms with Gasteiger partial charge in [0, 0.05) is 31.1 Å². The zero-order valence-electron chi connectivity index (χ0n) is 13.4. The third-order valence-corrected chi connectivity index (χ3v) is 5.18. The lowest BCUT2D eigenvalue weighted by Crippen LogP contribution is -2.46. The van der Waals surface area contributed by atoms with Gasteiger partial charge < -0.3 is 14.4 Å². The Balaban J connectivity index is 1.31. The van der Waals surface area contributed by atoms with Gasteiger partial charge in [-0.05, 0) is 50.2 Å². The van der Waals surface area contributed by atoms with E-state index in [-0.39, 0.29) is 24.2 Å². The molecule has 3 heterocycles. The number of rotatable bonds is 5. The van der Waals surface area contributed by atoms with Crippen LogP contribution >= 0.6 is 0 Å². The van der Waals surface area contributed by atoms with Gasteiger partial charge in [-0.2, -0.15) is 0 Å². The number of ether oxygens (including phenoxy) is 2. The number of hydrogen-bond acceptors (Lipinski definition) is 4. The van der Waals surface area contributed by atoms with E-state index in [1.807, 2.05) is 4.90 Å². The van der Waals surface area contributed by atoms with Crippen molar-refractivity contribution < 1.29 is 14.3 Å². The average molecular weight is 316 g/mol. The van der Waals surface area contributed by atoms with Crippen molar-refractivity contribution in [1.29, 1.82) is 0 Å². The first kappa shape index (κ1) is 15.1. The number of fused-ring (bicyclic) bond motifs is 1. The molecule has 0 radical (unpaired) electrons. The summed E-state index contributed by atoms with van der Waals surface area (Å²) in [7, 11) is 0. The number of pyridine rings is 1. The second-order valence-corrected chi connectivity index (χ2v) is 6.95. The van der Waals surface area contributed by atoms with E-state index < -0.39 is 0 Å². The first-order valence-electron chi connectivity index (χ1n) is 8.75. The van der Waals surface area contributed by atoms with Crippen molar-refractivity contribution in [1.82, 2.24) is 9.88 Å². The second kappa shape index (κ2) is 6.57. The molecule has 5 nitrogen and oxygen atoms in total. The van der Waals surface area contributed by atoms with Crippen LogP contribution in [0.1, 0.15) is 42.5 Å². The van der Waals surface area contributed by atoms with E-state index >= 15 is 0 Å². The third kappa shape index (κ3) is 3.40. The third-order valence-electron chi connectivity index (χ3n) is 5.18. The molecule has 124 valence electrons. The van der Waals surface area contributed by atoms with E-state index in [1.54, 1.807) is 24.5 Å². The number of carbonyl (C=O) groups is 1. The molecule has 0 unspecified atom stereocenters. The maximum atomic E-state index is 12.7. The van der Waals surface area contributed by atoms with Gasteiger partial charge in [0.2, 0.25) is 0 Å².